The average molecular weight is 681 g/mol. The highest BCUT2D eigenvalue weighted by Crippen LogP contribution is 2.15. The van der Waals surface area contributed by atoms with E-state index in [0.717, 1.165) is 63.7 Å². The summed E-state index contributed by atoms with van der Waals surface area (Å²) < 4.78 is 16.6. The molecule has 0 aliphatic carbocycles. The molecule has 0 saturated carbocycles. The number of hydrogen-bond acceptors (Lipinski definition) is 6. The van der Waals surface area contributed by atoms with Gasteiger partial charge in [-0.15, -0.1) is 0 Å². The minimum absolute atomic E-state index is 0.0655. The van der Waals surface area contributed by atoms with Crippen LogP contribution in [-0.4, -0.2) is 37.2 Å². The number of unbranched alkanes of at least 4 members (excludes halogenated alkanes) is 24. The van der Waals surface area contributed by atoms with Gasteiger partial charge in [-0.2, -0.15) is 0 Å². The summed E-state index contributed by atoms with van der Waals surface area (Å²) in [5.41, 5.74) is 0. The molecule has 0 fully saturated rings. The molecule has 0 aliphatic rings. The Morgan fingerprint density at radius 1 is 0.396 bits per heavy atom. The van der Waals surface area contributed by atoms with Crippen LogP contribution < -0.4 is 0 Å². The van der Waals surface area contributed by atoms with Gasteiger partial charge in [0.15, 0.2) is 6.10 Å². The zero-order chi connectivity index (χ0) is 35.3. The van der Waals surface area contributed by atoms with Crippen molar-refractivity contribution in [2.75, 3.05) is 13.2 Å². The summed E-state index contributed by atoms with van der Waals surface area (Å²) in [6.45, 7) is 8.89. The summed E-state index contributed by atoms with van der Waals surface area (Å²) in [4.78, 5) is 37.5. The maximum atomic E-state index is 12.6. The molecule has 0 saturated heterocycles. The molecule has 0 spiro atoms. The largest absolute Gasteiger partial charge is 0.462 e. The van der Waals surface area contributed by atoms with Crippen molar-refractivity contribution in [2.24, 2.45) is 5.92 Å². The Morgan fingerprint density at radius 3 is 1.02 bits per heavy atom. The van der Waals surface area contributed by atoms with Crippen LogP contribution in [0.4, 0.5) is 0 Å². The molecule has 1 atom stereocenters. The Bertz CT molecular complexity index is 721. The number of rotatable bonds is 37. The van der Waals surface area contributed by atoms with Gasteiger partial charge in [-0.05, 0) is 25.2 Å². The number of esters is 3. The molecule has 0 aromatic carbocycles. The fraction of sp³-hybridized carbons (Fsp3) is 0.929. The first-order chi connectivity index (χ1) is 23.4. The quantitative estimate of drug-likeness (QED) is 0.0369. The van der Waals surface area contributed by atoms with Crippen LogP contribution in [0.5, 0.6) is 0 Å². The van der Waals surface area contributed by atoms with E-state index in [1.165, 1.54) is 122 Å². The second-order valence-electron chi connectivity index (χ2n) is 14.7. The summed E-state index contributed by atoms with van der Waals surface area (Å²) in [7, 11) is 0. The zero-order valence-corrected chi connectivity index (χ0v) is 32.4. The molecular formula is C42H80O6. The van der Waals surface area contributed by atoms with Crippen molar-refractivity contribution in [1.29, 1.82) is 0 Å². The van der Waals surface area contributed by atoms with E-state index in [1.807, 2.05) is 0 Å². The first kappa shape index (κ1) is 46.4. The number of carbonyl (C=O) groups is 3. The average Bonchev–Trinajstić information content (AvgIpc) is 3.06. The van der Waals surface area contributed by atoms with Gasteiger partial charge >= 0.3 is 17.9 Å². The van der Waals surface area contributed by atoms with Gasteiger partial charge < -0.3 is 14.2 Å². The molecule has 284 valence electrons. The molecule has 0 aliphatic heterocycles. The number of hydrogen-bond donors (Lipinski definition) is 0. The van der Waals surface area contributed by atoms with Crippen LogP contribution in [0.25, 0.3) is 0 Å². The fourth-order valence-electron chi connectivity index (χ4n) is 6.10. The van der Waals surface area contributed by atoms with Crippen LogP contribution in [0.15, 0.2) is 0 Å². The van der Waals surface area contributed by atoms with Crippen molar-refractivity contribution < 1.29 is 28.6 Å². The molecule has 0 aromatic heterocycles. The van der Waals surface area contributed by atoms with Crippen molar-refractivity contribution in [3.8, 4) is 0 Å². The molecule has 0 heterocycles. The summed E-state index contributed by atoms with van der Waals surface area (Å²) in [5, 5.41) is 0. The molecule has 6 heteroatoms. The molecule has 0 N–H and O–H groups in total. The van der Waals surface area contributed by atoms with Gasteiger partial charge in [-0.1, -0.05) is 188 Å². The summed E-state index contributed by atoms with van der Waals surface area (Å²) >= 11 is 0. The maximum absolute atomic E-state index is 12.6. The highest BCUT2D eigenvalue weighted by molar-refractivity contribution is 5.71. The third kappa shape index (κ3) is 35.7. The Hall–Kier alpha value is -1.59. The van der Waals surface area contributed by atoms with Gasteiger partial charge in [-0.3, -0.25) is 14.4 Å². The minimum atomic E-state index is -0.758. The molecule has 0 bridgehead atoms. The SMILES string of the molecule is CCCCCCCCCCCCCC(=O)OC[C@H](COC(=O)CCCCCCCCCCCC)OC(=O)CCCCCCCCC(C)C. The summed E-state index contributed by atoms with van der Waals surface area (Å²) in [5.74, 6) is -0.107. The van der Waals surface area contributed by atoms with Gasteiger partial charge in [0.05, 0.1) is 0 Å². The van der Waals surface area contributed by atoms with E-state index in [-0.39, 0.29) is 31.1 Å². The van der Waals surface area contributed by atoms with Crippen molar-refractivity contribution in [2.45, 2.75) is 233 Å². The second-order valence-corrected chi connectivity index (χ2v) is 14.7. The highest BCUT2D eigenvalue weighted by atomic mass is 16.6. The fourth-order valence-corrected chi connectivity index (χ4v) is 6.10. The van der Waals surface area contributed by atoms with E-state index in [2.05, 4.69) is 27.7 Å². The van der Waals surface area contributed by atoms with Crippen LogP contribution in [0.2, 0.25) is 0 Å². The van der Waals surface area contributed by atoms with Gasteiger partial charge in [0, 0.05) is 19.3 Å². The maximum Gasteiger partial charge on any atom is 0.306 e. The van der Waals surface area contributed by atoms with Gasteiger partial charge in [-0.25, -0.2) is 0 Å². The predicted octanol–water partition coefficient (Wildman–Crippen LogP) is 12.8. The Kier molecular flexibility index (Phi) is 35.5. The van der Waals surface area contributed by atoms with E-state index in [9.17, 15) is 14.4 Å². The summed E-state index contributed by atoms with van der Waals surface area (Å²) in [6.07, 6.45) is 33.8. The Labute approximate surface area is 298 Å². The lowest BCUT2D eigenvalue weighted by Gasteiger charge is -2.18. The monoisotopic (exact) mass is 681 g/mol. The van der Waals surface area contributed by atoms with Crippen LogP contribution >= 0.6 is 0 Å². The van der Waals surface area contributed by atoms with E-state index < -0.39 is 6.10 Å². The second kappa shape index (κ2) is 36.7. The Morgan fingerprint density at radius 2 is 0.688 bits per heavy atom. The molecule has 0 unspecified atom stereocenters. The van der Waals surface area contributed by atoms with Gasteiger partial charge in [0.25, 0.3) is 0 Å². The normalized spacial score (nSPS) is 11.9. The van der Waals surface area contributed by atoms with E-state index in [4.69, 9.17) is 14.2 Å². The third-order valence-corrected chi connectivity index (χ3v) is 9.29. The molecule has 0 radical (unpaired) electrons. The van der Waals surface area contributed by atoms with Crippen molar-refractivity contribution >= 4 is 17.9 Å². The molecule has 0 aromatic rings. The smallest absolute Gasteiger partial charge is 0.306 e. The van der Waals surface area contributed by atoms with E-state index in [1.54, 1.807) is 0 Å². The lowest BCUT2D eigenvalue weighted by Crippen LogP contribution is -2.30. The molecule has 6 nitrogen and oxygen atoms in total. The topological polar surface area (TPSA) is 78.9 Å². The zero-order valence-electron chi connectivity index (χ0n) is 32.4. The van der Waals surface area contributed by atoms with Crippen molar-refractivity contribution in [3.05, 3.63) is 0 Å². The lowest BCUT2D eigenvalue weighted by atomic mass is 10.0. The van der Waals surface area contributed by atoms with Crippen molar-refractivity contribution in [1.82, 2.24) is 0 Å². The standard InChI is InChI=1S/C42H80O6/c1-5-7-9-11-13-15-17-19-21-26-30-34-41(44)47-37-39(48-42(45)35-31-27-23-22-24-28-32-38(3)4)36-46-40(43)33-29-25-20-18-16-14-12-10-8-6-2/h38-39H,5-37H2,1-4H3/t39-/m0/s1. The van der Waals surface area contributed by atoms with E-state index in [0.29, 0.717) is 19.3 Å². The first-order valence-corrected chi connectivity index (χ1v) is 20.9. The molecule has 0 amide bonds. The first-order valence-electron chi connectivity index (χ1n) is 20.9. The number of ether oxygens (including phenoxy) is 3. The molecule has 0 rings (SSSR count). The highest BCUT2D eigenvalue weighted by Gasteiger charge is 2.19. The number of carbonyl (C=O) groups excluding carboxylic acids is 3. The van der Waals surface area contributed by atoms with Crippen molar-refractivity contribution in [3.63, 3.8) is 0 Å². The van der Waals surface area contributed by atoms with Gasteiger partial charge in [0.2, 0.25) is 0 Å². The van der Waals surface area contributed by atoms with Crippen LogP contribution in [-0.2, 0) is 28.6 Å². The van der Waals surface area contributed by atoms with E-state index >= 15 is 0 Å². The minimum Gasteiger partial charge on any atom is -0.462 e. The van der Waals surface area contributed by atoms with Crippen LogP contribution in [0.3, 0.4) is 0 Å². The third-order valence-electron chi connectivity index (χ3n) is 9.29. The van der Waals surface area contributed by atoms with Crippen LogP contribution in [0.1, 0.15) is 227 Å². The van der Waals surface area contributed by atoms with Gasteiger partial charge in [0.1, 0.15) is 13.2 Å². The van der Waals surface area contributed by atoms with Crippen LogP contribution in [0, 0.1) is 5.92 Å². The lowest BCUT2D eigenvalue weighted by molar-refractivity contribution is -0.167. The molecule has 48 heavy (non-hydrogen) atoms. The Balaban J connectivity index is 4.33. The molecular weight excluding hydrogens is 600 g/mol. The predicted molar refractivity (Wildman–Crippen MR) is 201 cm³/mol. The summed E-state index contributed by atoms with van der Waals surface area (Å²) in [6, 6.07) is 0.